The van der Waals surface area contributed by atoms with Gasteiger partial charge in [-0.05, 0) is 55.9 Å². The van der Waals surface area contributed by atoms with Gasteiger partial charge in [0.1, 0.15) is 5.69 Å². The van der Waals surface area contributed by atoms with Crippen LogP contribution in [0.2, 0.25) is 0 Å². The number of anilines is 2. The van der Waals surface area contributed by atoms with Crippen molar-refractivity contribution >= 4 is 28.9 Å². The van der Waals surface area contributed by atoms with Crippen molar-refractivity contribution in [3.63, 3.8) is 0 Å². The van der Waals surface area contributed by atoms with Gasteiger partial charge in [-0.1, -0.05) is 18.2 Å². The maximum Gasteiger partial charge on any atom is 0.338 e. The molecule has 2 aliphatic rings. The van der Waals surface area contributed by atoms with Gasteiger partial charge in [-0.15, -0.1) is 0 Å². The van der Waals surface area contributed by atoms with Crippen molar-refractivity contribution in [3.05, 3.63) is 63.7 Å². The van der Waals surface area contributed by atoms with Gasteiger partial charge in [-0.3, -0.25) is 14.9 Å². The second-order valence-corrected chi connectivity index (χ2v) is 7.86. The summed E-state index contributed by atoms with van der Waals surface area (Å²) in [5.74, 6) is -1.05. The number of esters is 1. The number of fused-ring (bicyclic) bond motifs is 1. The minimum absolute atomic E-state index is 0.0688. The summed E-state index contributed by atoms with van der Waals surface area (Å²) < 4.78 is 5.21. The molecule has 0 aromatic heterocycles. The van der Waals surface area contributed by atoms with E-state index in [1.165, 1.54) is 12.1 Å². The number of piperidine rings is 1. The molecule has 162 valence electrons. The van der Waals surface area contributed by atoms with Crippen LogP contribution in [0.3, 0.4) is 0 Å². The fourth-order valence-corrected chi connectivity index (χ4v) is 4.28. The van der Waals surface area contributed by atoms with Gasteiger partial charge in [0.2, 0.25) is 0 Å². The number of nitro benzene ring substituents is 1. The Kier molecular flexibility index (Phi) is 6.16. The minimum atomic E-state index is -0.744. The van der Waals surface area contributed by atoms with Crippen LogP contribution >= 0.6 is 0 Å². The molecule has 1 saturated heterocycles. The highest BCUT2D eigenvalue weighted by molar-refractivity contribution is 5.98. The number of aryl methyl sites for hydroxylation is 1. The highest BCUT2D eigenvalue weighted by Crippen LogP contribution is 2.32. The van der Waals surface area contributed by atoms with E-state index in [-0.39, 0.29) is 17.2 Å². The van der Waals surface area contributed by atoms with Gasteiger partial charge in [0.05, 0.1) is 10.5 Å². The molecule has 0 atom stereocenters. The van der Waals surface area contributed by atoms with Crippen molar-refractivity contribution in [1.82, 2.24) is 0 Å². The number of nitro groups is 1. The van der Waals surface area contributed by atoms with Crippen LogP contribution in [-0.4, -0.2) is 43.0 Å². The first-order valence-corrected chi connectivity index (χ1v) is 10.6. The van der Waals surface area contributed by atoms with Gasteiger partial charge in [-0.2, -0.15) is 0 Å². The van der Waals surface area contributed by atoms with Gasteiger partial charge >= 0.3 is 5.97 Å². The molecule has 2 aliphatic heterocycles. The lowest BCUT2D eigenvalue weighted by Crippen LogP contribution is -2.38. The molecule has 0 spiro atoms. The Morgan fingerprint density at radius 1 is 0.968 bits per heavy atom. The van der Waals surface area contributed by atoms with Crippen molar-refractivity contribution in [3.8, 4) is 0 Å². The first kappa shape index (κ1) is 20.8. The number of para-hydroxylation sites is 1. The summed E-state index contributed by atoms with van der Waals surface area (Å²) in [5.41, 5.74) is 2.41. The van der Waals surface area contributed by atoms with Crippen LogP contribution in [0.15, 0.2) is 42.5 Å². The van der Waals surface area contributed by atoms with Crippen LogP contribution in [0, 0.1) is 10.1 Å². The van der Waals surface area contributed by atoms with Crippen molar-refractivity contribution in [2.75, 3.05) is 36.0 Å². The van der Waals surface area contributed by atoms with Gasteiger partial charge in [0.15, 0.2) is 6.61 Å². The molecular formula is C23H25N3O5. The monoisotopic (exact) mass is 423 g/mol. The lowest BCUT2D eigenvalue weighted by atomic mass is 10.0. The van der Waals surface area contributed by atoms with Gasteiger partial charge < -0.3 is 14.5 Å². The number of ether oxygens (including phenoxy) is 1. The lowest BCUT2D eigenvalue weighted by molar-refractivity contribution is -0.384. The van der Waals surface area contributed by atoms with Gasteiger partial charge in [0, 0.05) is 31.4 Å². The van der Waals surface area contributed by atoms with Crippen LogP contribution in [0.1, 0.15) is 41.6 Å². The molecule has 0 aliphatic carbocycles. The Labute approximate surface area is 180 Å². The Morgan fingerprint density at radius 2 is 1.74 bits per heavy atom. The lowest BCUT2D eigenvalue weighted by Gasteiger charge is -2.29. The maximum absolute atomic E-state index is 12.7. The van der Waals surface area contributed by atoms with E-state index in [0.29, 0.717) is 12.2 Å². The largest absolute Gasteiger partial charge is 0.452 e. The van der Waals surface area contributed by atoms with E-state index in [1.54, 1.807) is 11.0 Å². The van der Waals surface area contributed by atoms with E-state index < -0.39 is 17.5 Å². The Bertz CT molecular complexity index is 1000. The number of benzene rings is 2. The first-order chi connectivity index (χ1) is 15.0. The van der Waals surface area contributed by atoms with Crippen LogP contribution in [0.25, 0.3) is 0 Å². The van der Waals surface area contributed by atoms with E-state index in [4.69, 9.17) is 4.74 Å². The third-order valence-electron chi connectivity index (χ3n) is 5.84. The third-order valence-corrected chi connectivity index (χ3v) is 5.84. The molecule has 1 amide bonds. The summed E-state index contributed by atoms with van der Waals surface area (Å²) in [4.78, 5) is 39.9. The van der Waals surface area contributed by atoms with E-state index in [2.05, 4.69) is 0 Å². The topological polar surface area (TPSA) is 93.0 Å². The summed E-state index contributed by atoms with van der Waals surface area (Å²) in [6.07, 6.45) is 4.85. The fourth-order valence-electron chi connectivity index (χ4n) is 4.28. The highest BCUT2D eigenvalue weighted by Gasteiger charge is 2.26. The highest BCUT2D eigenvalue weighted by atomic mass is 16.6. The number of carbonyl (C=O) groups is 2. The molecule has 8 heteroatoms. The van der Waals surface area contributed by atoms with Gasteiger partial charge in [0.25, 0.3) is 11.6 Å². The standard InChI is InChI=1S/C23H25N3O5/c27-22(25-14-6-8-17-7-2-3-9-19(17)25)16-31-23(28)18-10-11-20(21(15-18)26(29)30)24-12-4-1-5-13-24/h2-3,7,9-11,15H,1,4-6,8,12-14,16H2. The van der Waals surface area contributed by atoms with Crippen LogP contribution in [0.4, 0.5) is 17.1 Å². The van der Waals surface area contributed by atoms with E-state index in [9.17, 15) is 19.7 Å². The number of carbonyl (C=O) groups excluding carboxylic acids is 2. The summed E-state index contributed by atoms with van der Waals surface area (Å²) in [5, 5.41) is 11.6. The van der Waals surface area contributed by atoms with Crippen molar-refractivity contribution < 1.29 is 19.2 Å². The zero-order valence-corrected chi connectivity index (χ0v) is 17.3. The molecule has 4 rings (SSSR count). The van der Waals surface area contributed by atoms with Crippen LogP contribution in [0.5, 0.6) is 0 Å². The smallest absolute Gasteiger partial charge is 0.338 e. The Morgan fingerprint density at radius 3 is 2.52 bits per heavy atom. The quantitative estimate of drug-likeness (QED) is 0.413. The Balaban J connectivity index is 1.45. The fraction of sp³-hybridized carbons (Fsp3) is 0.391. The van der Waals surface area contributed by atoms with Gasteiger partial charge in [-0.25, -0.2) is 4.79 Å². The SMILES string of the molecule is O=C(OCC(=O)N1CCCc2ccccc21)c1ccc(N2CCCCC2)c([N+](=O)[O-])c1. The van der Waals surface area contributed by atoms with E-state index >= 15 is 0 Å². The second kappa shape index (κ2) is 9.16. The normalized spacial score (nSPS) is 15.9. The average molecular weight is 423 g/mol. The molecule has 2 aromatic rings. The molecule has 0 N–H and O–H groups in total. The average Bonchev–Trinajstić information content (AvgIpc) is 2.82. The van der Waals surface area contributed by atoms with Crippen LogP contribution in [-0.2, 0) is 16.0 Å². The molecule has 2 aromatic carbocycles. The molecule has 0 radical (unpaired) electrons. The molecule has 2 heterocycles. The molecule has 31 heavy (non-hydrogen) atoms. The van der Waals surface area contributed by atoms with Crippen molar-refractivity contribution in [2.45, 2.75) is 32.1 Å². The molecule has 0 unspecified atom stereocenters. The van der Waals surface area contributed by atoms with Crippen molar-refractivity contribution in [2.24, 2.45) is 0 Å². The summed E-state index contributed by atoms with van der Waals surface area (Å²) in [6.45, 7) is 1.69. The molecule has 1 fully saturated rings. The minimum Gasteiger partial charge on any atom is -0.452 e. The zero-order valence-electron chi connectivity index (χ0n) is 17.3. The van der Waals surface area contributed by atoms with Crippen LogP contribution < -0.4 is 9.80 Å². The summed E-state index contributed by atoms with van der Waals surface area (Å²) >= 11 is 0. The number of rotatable bonds is 5. The van der Waals surface area contributed by atoms with E-state index in [0.717, 1.165) is 56.4 Å². The maximum atomic E-state index is 12.7. The summed E-state index contributed by atoms with van der Waals surface area (Å²) in [7, 11) is 0. The number of amides is 1. The van der Waals surface area contributed by atoms with Crippen molar-refractivity contribution in [1.29, 1.82) is 0 Å². The van der Waals surface area contributed by atoms with E-state index in [1.807, 2.05) is 29.2 Å². The predicted molar refractivity (Wildman–Crippen MR) is 117 cm³/mol. The number of hydrogen-bond donors (Lipinski definition) is 0. The number of hydrogen-bond acceptors (Lipinski definition) is 6. The number of nitrogens with zero attached hydrogens (tertiary/aromatic N) is 3. The molecular weight excluding hydrogens is 398 g/mol. The first-order valence-electron chi connectivity index (χ1n) is 10.6. The molecule has 0 bridgehead atoms. The zero-order chi connectivity index (χ0) is 21.8. The second-order valence-electron chi connectivity index (χ2n) is 7.86. The molecule has 0 saturated carbocycles. The summed E-state index contributed by atoms with van der Waals surface area (Å²) in [6, 6.07) is 12.1. The third kappa shape index (κ3) is 4.52. The predicted octanol–water partition coefficient (Wildman–Crippen LogP) is 3.72. The molecule has 8 nitrogen and oxygen atoms in total. The Hall–Kier alpha value is -3.42.